The second kappa shape index (κ2) is 8.05. The number of methoxy groups -OCH3 is 1. The van der Waals surface area contributed by atoms with Crippen molar-refractivity contribution in [2.24, 2.45) is 5.92 Å². The zero-order valence-electron chi connectivity index (χ0n) is 17.6. The van der Waals surface area contributed by atoms with Gasteiger partial charge in [-0.1, -0.05) is 43.5 Å². The Hall–Kier alpha value is -2.77. The van der Waals surface area contributed by atoms with Crippen molar-refractivity contribution >= 4 is 28.3 Å². The Morgan fingerprint density at radius 1 is 1.13 bits per heavy atom. The summed E-state index contributed by atoms with van der Waals surface area (Å²) in [6, 6.07) is 9.63. The first-order valence-electron chi connectivity index (χ1n) is 10.6. The molecule has 0 amide bonds. The van der Waals surface area contributed by atoms with Gasteiger partial charge >= 0.3 is 0 Å². The summed E-state index contributed by atoms with van der Waals surface area (Å²) in [5, 5.41) is 14.2. The van der Waals surface area contributed by atoms with Crippen LogP contribution in [0.1, 0.15) is 44.3 Å². The smallest absolute Gasteiger partial charge is 0.280 e. The van der Waals surface area contributed by atoms with Gasteiger partial charge in [0.15, 0.2) is 11.2 Å². The molecule has 2 atom stereocenters. The van der Waals surface area contributed by atoms with Crippen LogP contribution in [0, 0.1) is 5.92 Å². The van der Waals surface area contributed by atoms with E-state index in [1.165, 1.54) is 6.42 Å². The molecule has 1 saturated carbocycles. The van der Waals surface area contributed by atoms with Gasteiger partial charge in [0.1, 0.15) is 5.52 Å². The Morgan fingerprint density at radius 2 is 1.90 bits per heavy atom. The summed E-state index contributed by atoms with van der Waals surface area (Å²) in [5.41, 5.74) is 3.95. The summed E-state index contributed by atoms with van der Waals surface area (Å²) >= 11 is 6.07. The van der Waals surface area contributed by atoms with Crippen LogP contribution in [-0.2, 0) is 11.3 Å². The zero-order valence-corrected chi connectivity index (χ0v) is 18.3. The molecule has 0 N–H and O–H groups in total. The van der Waals surface area contributed by atoms with Crippen LogP contribution >= 0.6 is 11.6 Å². The first-order chi connectivity index (χ1) is 15.1. The summed E-state index contributed by atoms with van der Waals surface area (Å²) < 4.78 is 8.92. The molecule has 31 heavy (non-hydrogen) atoms. The molecule has 2 unspecified atom stereocenters. The number of aromatic nitrogens is 5. The van der Waals surface area contributed by atoms with E-state index in [1.54, 1.807) is 11.6 Å². The molecule has 8 heteroatoms. The van der Waals surface area contributed by atoms with E-state index in [1.807, 2.05) is 41.1 Å². The van der Waals surface area contributed by atoms with Crippen LogP contribution < -0.4 is 5.56 Å². The quantitative estimate of drug-likeness (QED) is 0.464. The van der Waals surface area contributed by atoms with Crippen molar-refractivity contribution in [1.29, 1.82) is 0 Å². The van der Waals surface area contributed by atoms with Crippen molar-refractivity contribution in [2.75, 3.05) is 7.11 Å². The Labute approximate surface area is 184 Å². The van der Waals surface area contributed by atoms with Crippen LogP contribution in [0.4, 0.5) is 0 Å². The van der Waals surface area contributed by atoms with E-state index in [0.717, 1.165) is 36.1 Å². The molecule has 1 aromatic carbocycles. The third kappa shape index (κ3) is 3.42. The minimum absolute atomic E-state index is 0.109. The van der Waals surface area contributed by atoms with E-state index in [0.29, 0.717) is 34.2 Å². The SMILES string of the molecule is COCc1nn2c(nnc3c(=O)n(C4CCCCC4C)ccc32)c1-c1ccc(Cl)cc1. The molecule has 0 aliphatic heterocycles. The van der Waals surface area contributed by atoms with Crippen molar-refractivity contribution in [1.82, 2.24) is 24.4 Å². The highest BCUT2D eigenvalue weighted by Gasteiger charge is 2.25. The Kier molecular flexibility index (Phi) is 5.24. The molecule has 0 bridgehead atoms. The summed E-state index contributed by atoms with van der Waals surface area (Å²) in [6.07, 6.45) is 6.42. The minimum atomic E-state index is -0.109. The van der Waals surface area contributed by atoms with Crippen LogP contribution in [0.15, 0.2) is 41.3 Å². The van der Waals surface area contributed by atoms with Gasteiger partial charge in [-0.05, 0) is 42.5 Å². The molecule has 0 spiro atoms. The van der Waals surface area contributed by atoms with Crippen LogP contribution in [0.2, 0.25) is 5.02 Å². The van der Waals surface area contributed by atoms with Crippen LogP contribution in [-0.4, -0.2) is 31.5 Å². The highest BCUT2D eigenvalue weighted by Crippen LogP contribution is 2.33. The molecular formula is C23H24ClN5O2. The van der Waals surface area contributed by atoms with Crippen molar-refractivity contribution in [3.05, 3.63) is 57.6 Å². The van der Waals surface area contributed by atoms with Crippen molar-refractivity contribution < 1.29 is 4.74 Å². The second-order valence-corrected chi connectivity index (χ2v) is 8.72. The monoisotopic (exact) mass is 437 g/mol. The molecule has 3 heterocycles. The van der Waals surface area contributed by atoms with Crippen molar-refractivity contribution in [3.63, 3.8) is 0 Å². The van der Waals surface area contributed by atoms with Gasteiger partial charge in [0.2, 0.25) is 0 Å². The van der Waals surface area contributed by atoms with Crippen LogP contribution in [0.25, 0.3) is 27.8 Å². The average molecular weight is 438 g/mol. The molecule has 5 rings (SSSR count). The molecule has 160 valence electrons. The Bertz CT molecular complexity index is 1310. The lowest BCUT2D eigenvalue weighted by atomic mass is 9.85. The molecular weight excluding hydrogens is 414 g/mol. The fraction of sp³-hybridized carbons (Fsp3) is 0.391. The molecule has 0 radical (unpaired) electrons. The molecule has 1 aliphatic carbocycles. The maximum atomic E-state index is 13.3. The molecule has 1 fully saturated rings. The number of nitrogens with zero attached hydrogens (tertiary/aromatic N) is 5. The predicted molar refractivity (Wildman–Crippen MR) is 120 cm³/mol. The summed E-state index contributed by atoms with van der Waals surface area (Å²) in [6.45, 7) is 2.54. The Balaban J connectivity index is 1.71. The number of fused-ring (bicyclic) bond motifs is 3. The van der Waals surface area contributed by atoms with E-state index in [-0.39, 0.29) is 11.6 Å². The van der Waals surface area contributed by atoms with Gasteiger partial charge in [0.25, 0.3) is 5.56 Å². The normalized spacial score (nSPS) is 19.3. The molecule has 0 saturated heterocycles. The largest absolute Gasteiger partial charge is 0.378 e. The maximum absolute atomic E-state index is 13.3. The highest BCUT2D eigenvalue weighted by molar-refractivity contribution is 6.30. The van der Waals surface area contributed by atoms with Gasteiger partial charge in [0, 0.05) is 24.4 Å². The fourth-order valence-electron chi connectivity index (χ4n) is 4.73. The molecule has 1 aliphatic rings. The molecule has 4 aromatic rings. The van der Waals surface area contributed by atoms with E-state index < -0.39 is 0 Å². The second-order valence-electron chi connectivity index (χ2n) is 8.29. The van der Waals surface area contributed by atoms with Gasteiger partial charge in [-0.15, -0.1) is 10.2 Å². The summed E-state index contributed by atoms with van der Waals surface area (Å²) in [7, 11) is 1.63. The fourth-order valence-corrected chi connectivity index (χ4v) is 4.85. The lowest BCUT2D eigenvalue weighted by Crippen LogP contribution is -2.31. The predicted octanol–water partition coefficient (Wildman–Crippen LogP) is 4.66. The lowest BCUT2D eigenvalue weighted by Gasteiger charge is -2.30. The standard InChI is InChI=1S/C23H24ClN5O2/c1-14-5-3-4-6-18(14)28-12-11-19-21(23(28)30)25-26-22-20(15-7-9-16(24)10-8-15)17(13-31-2)27-29(19)22/h7-12,14,18H,3-6,13H2,1-2H3. The van der Waals surface area contributed by atoms with Gasteiger partial charge in [-0.25, -0.2) is 4.52 Å². The number of hydrogen-bond donors (Lipinski definition) is 0. The van der Waals surface area contributed by atoms with E-state index in [4.69, 9.17) is 21.4 Å². The minimum Gasteiger partial charge on any atom is -0.378 e. The number of pyridine rings is 1. The van der Waals surface area contributed by atoms with Gasteiger partial charge < -0.3 is 9.30 Å². The first kappa shape index (κ1) is 20.2. The van der Waals surface area contributed by atoms with E-state index in [9.17, 15) is 4.79 Å². The number of ether oxygens (including phenoxy) is 1. The van der Waals surface area contributed by atoms with Crippen molar-refractivity contribution in [2.45, 2.75) is 45.3 Å². The summed E-state index contributed by atoms with van der Waals surface area (Å²) in [5.74, 6) is 0.468. The number of hydrogen-bond acceptors (Lipinski definition) is 5. The molecule has 3 aromatic heterocycles. The van der Waals surface area contributed by atoms with E-state index >= 15 is 0 Å². The molecule has 7 nitrogen and oxygen atoms in total. The third-order valence-corrected chi connectivity index (χ3v) is 6.57. The van der Waals surface area contributed by atoms with Crippen molar-refractivity contribution in [3.8, 4) is 11.1 Å². The van der Waals surface area contributed by atoms with Gasteiger partial charge in [0.05, 0.1) is 17.9 Å². The first-order valence-corrected chi connectivity index (χ1v) is 11.0. The van der Waals surface area contributed by atoms with E-state index in [2.05, 4.69) is 17.1 Å². The number of halogens is 1. The van der Waals surface area contributed by atoms with Crippen LogP contribution in [0.5, 0.6) is 0 Å². The number of benzene rings is 1. The third-order valence-electron chi connectivity index (χ3n) is 6.32. The van der Waals surface area contributed by atoms with Gasteiger partial charge in [-0.2, -0.15) is 5.10 Å². The lowest BCUT2D eigenvalue weighted by molar-refractivity contribution is 0.181. The average Bonchev–Trinajstić information content (AvgIpc) is 3.14. The van der Waals surface area contributed by atoms with Gasteiger partial charge in [-0.3, -0.25) is 4.79 Å². The zero-order chi connectivity index (χ0) is 21.5. The highest BCUT2D eigenvalue weighted by atomic mass is 35.5. The number of rotatable bonds is 4. The Morgan fingerprint density at radius 3 is 2.65 bits per heavy atom. The summed E-state index contributed by atoms with van der Waals surface area (Å²) in [4.78, 5) is 13.3. The topological polar surface area (TPSA) is 74.3 Å². The maximum Gasteiger partial charge on any atom is 0.280 e. The van der Waals surface area contributed by atoms with Crippen LogP contribution in [0.3, 0.4) is 0 Å².